The molecule has 0 saturated heterocycles. The molecule has 1 aromatic heterocycles. The Kier molecular flexibility index (Phi) is 1.84. The van der Waals surface area contributed by atoms with Gasteiger partial charge in [0.1, 0.15) is 0 Å². The Morgan fingerprint density at radius 2 is 2.08 bits per heavy atom. The largest absolute Gasteiger partial charge is 0.269 e. The van der Waals surface area contributed by atoms with E-state index in [9.17, 15) is 4.57 Å². The molecule has 1 aromatic carbocycles. The molecule has 0 spiro atoms. The van der Waals surface area contributed by atoms with Crippen LogP contribution in [0.15, 0.2) is 36.5 Å². The first-order chi connectivity index (χ1) is 5.90. The van der Waals surface area contributed by atoms with Gasteiger partial charge in [0.05, 0.1) is 10.8 Å². The Balaban J connectivity index is 2.75. The van der Waals surface area contributed by atoms with Crippen molar-refractivity contribution in [3.8, 4) is 0 Å². The number of aromatic nitrogens is 1. The number of rotatable bonds is 1. The van der Waals surface area contributed by atoms with E-state index in [2.05, 4.69) is 4.98 Å². The summed E-state index contributed by atoms with van der Waals surface area (Å²) in [5.41, 5.74) is 0.935. The smallest absolute Gasteiger partial charge is 0.193 e. The zero-order chi connectivity index (χ0) is 8.39. The van der Waals surface area contributed by atoms with Crippen molar-refractivity contribution in [1.82, 2.24) is 4.98 Å². The lowest BCUT2D eigenvalue weighted by Gasteiger charge is -1.94. The second kappa shape index (κ2) is 3.00. The topological polar surface area (TPSA) is 30.0 Å². The third-order valence-electron chi connectivity index (χ3n) is 1.68. The Morgan fingerprint density at radius 3 is 2.92 bits per heavy atom. The van der Waals surface area contributed by atoms with Crippen molar-refractivity contribution in [1.29, 1.82) is 0 Å². The normalized spacial score (nSPS) is 10.7. The lowest BCUT2D eigenvalue weighted by atomic mass is 10.2. The average Bonchev–Trinajstić information content (AvgIpc) is 2.17. The van der Waals surface area contributed by atoms with Gasteiger partial charge in [-0.25, -0.2) is 0 Å². The monoisotopic (exact) mass is 175 g/mol. The maximum absolute atomic E-state index is 10.5. The molecule has 0 saturated carbocycles. The summed E-state index contributed by atoms with van der Waals surface area (Å²) in [6.45, 7) is 0. The highest BCUT2D eigenvalue weighted by Crippen LogP contribution is 2.09. The molecule has 0 bridgehead atoms. The molecule has 0 aliphatic carbocycles. The SMILES string of the molecule is O=Pc1cnc2ccccc2c1. The number of hydrogen-bond donors (Lipinski definition) is 0. The lowest BCUT2D eigenvalue weighted by molar-refractivity contribution is 0.603. The van der Waals surface area contributed by atoms with Gasteiger partial charge in [-0.05, 0) is 12.1 Å². The summed E-state index contributed by atoms with van der Waals surface area (Å²) < 4.78 is 10.5. The molecule has 2 aromatic rings. The van der Waals surface area contributed by atoms with Crippen molar-refractivity contribution >= 4 is 24.7 Å². The molecule has 0 aliphatic rings. The van der Waals surface area contributed by atoms with Crippen LogP contribution in [0.3, 0.4) is 0 Å². The second-order valence-electron chi connectivity index (χ2n) is 2.48. The number of benzene rings is 1. The van der Waals surface area contributed by atoms with Crippen molar-refractivity contribution in [3.63, 3.8) is 0 Å². The summed E-state index contributed by atoms with van der Waals surface area (Å²) in [7, 11) is 0.0260. The predicted octanol–water partition coefficient (Wildman–Crippen LogP) is 2.15. The number of pyridine rings is 1. The summed E-state index contributed by atoms with van der Waals surface area (Å²) in [5.74, 6) is 0. The minimum atomic E-state index is 0.0260. The van der Waals surface area contributed by atoms with E-state index in [4.69, 9.17) is 0 Å². The summed E-state index contributed by atoms with van der Waals surface area (Å²) in [6.07, 6.45) is 1.62. The van der Waals surface area contributed by atoms with E-state index in [-0.39, 0.29) is 8.46 Å². The summed E-state index contributed by atoms with van der Waals surface area (Å²) in [4.78, 5) is 4.15. The molecule has 0 radical (unpaired) electrons. The van der Waals surface area contributed by atoms with Crippen LogP contribution in [0.1, 0.15) is 0 Å². The van der Waals surface area contributed by atoms with Gasteiger partial charge in [0.25, 0.3) is 0 Å². The molecular weight excluding hydrogens is 169 g/mol. The van der Waals surface area contributed by atoms with Crippen LogP contribution in [0.4, 0.5) is 0 Å². The van der Waals surface area contributed by atoms with Gasteiger partial charge in [-0.2, -0.15) is 0 Å². The fourth-order valence-corrected chi connectivity index (χ4v) is 1.41. The Morgan fingerprint density at radius 1 is 1.25 bits per heavy atom. The van der Waals surface area contributed by atoms with E-state index in [1.807, 2.05) is 30.3 Å². The standard InChI is InChI=1S/C9H6NOP/c11-12-8-5-7-3-1-2-4-9(7)10-6-8/h1-6H. The molecule has 0 fully saturated rings. The summed E-state index contributed by atoms with van der Waals surface area (Å²) >= 11 is 0. The zero-order valence-electron chi connectivity index (χ0n) is 6.27. The van der Waals surface area contributed by atoms with Crippen LogP contribution in [0.2, 0.25) is 0 Å². The first kappa shape index (κ1) is 7.38. The van der Waals surface area contributed by atoms with E-state index >= 15 is 0 Å². The van der Waals surface area contributed by atoms with Crippen molar-refractivity contribution < 1.29 is 4.57 Å². The minimum absolute atomic E-state index is 0.0260. The molecule has 0 amide bonds. The van der Waals surface area contributed by atoms with Crippen LogP contribution >= 0.6 is 8.46 Å². The van der Waals surface area contributed by atoms with Crippen molar-refractivity contribution in [2.24, 2.45) is 0 Å². The molecule has 0 unspecified atom stereocenters. The highest BCUT2D eigenvalue weighted by atomic mass is 31.1. The van der Waals surface area contributed by atoms with E-state index in [0.717, 1.165) is 10.9 Å². The quantitative estimate of drug-likeness (QED) is 0.621. The summed E-state index contributed by atoms with van der Waals surface area (Å²) in [5, 5.41) is 1.74. The fraction of sp³-hybridized carbons (Fsp3) is 0. The van der Waals surface area contributed by atoms with Crippen molar-refractivity contribution in [3.05, 3.63) is 36.5 Å². The maximum Gasteiger partial charge on any atom is 0.193 e. The molecule has 12 heavy (non-hydrogen) atoms. The summed E-state index contributed by atoms with van der Waals surface area (Å²) in [6, 6.07) is 9.63. The van der Waals surface area contributed by atoms with Crippen LogP contribution in [0.25, 0.3) is 10.9 Å². The molecule has 0 atom stereocenters. The van der Waals surface area contributed by atoms with E-state index in [1.54, 1.807) is 6.20 Å². The van der Waals surface area contributed by atoms with E-state index in [1.165, 1.54) is 0 Å². The molecule has 1 heterocycles. The van der Waals surface area contributed by atoms with Gasteiger partial charge in [0, 0.05) is 11.6 Å². The molecule has 2 nitrogen and oxygen atoms in total. The first-order valence-electron chi connectivity index (χ1n) is 3.58. The van der Waals surface area contributed by atoms with Gasteiger partial charge < -0.3 is 0 Å². The van der Waals surface area contributed by atoms with Gasteiger partial charge in [-0.15, -0.1) is 0 Å². The average molecular weight is 175 g/mol. The predicted molar refractivity (Wildman–Crippen MR) is 49.0 cm³/mol. The molecule has 0 N–H and O–H groups in total. The van der Waals surface area contributed by atoms with Crippen molar-refractivity contribution in [2.45, 2.75) is 0 Å². The molecule has 2 rings (SSSR count). The van der Waals surface area contributed by atoms with Crippen LogP contribution in [0.5, 0.6) is 0 Å². The Labute approximate surface area is 71.5 Å². The molecule has 3 heteroatoms. The third kappa shape index (κ3) is 1.21. The van der Waals surface area contributed by atoms with Gasteiger partial charge >= 0.3 is 0 Å². The van der Waals surface area contributed by atoms with Gasteiger partial charge in [-0.1, -0.05) is 18.2 Å². The van der Waals surface area contributed by atoms with Gasteiger partial charge in [0.2, 0.25) is 0 Å². The first-order valence-corrected chi connectivity index (χ1v) is 4.39. The lowest BCUT2D eigenvalue weighted by Crippen LogP contribution is -1.92. The van der Waals surface area contributed by atoms with Crippen LogP contribution in [0, 0.1) is 0 Å². The molecular formula is C9H6NOP. The highest BCUT2D eigenvalue weighted by molar-refractivity contribution is 7.34. The third-order valence-corrected chi connectivity index (χ3v) is 2.14. The Bertz CT molecular complexity index is 428. The van der Waals surface area contributed by atoms with E-state index < -0.39 is 0 Å². The van der Waals surface area contributed by atoms with Crippen molar-refractivity contribution in [2.75, 3.05) is 0 Å². The van der Waals surface area contributed by atoms with Crippen LogP contribution in [-0.2, 0) is 4.57 Å². The maximum atomic E-state index is 10.5. The van der Waals surface area contributed by atoms with E-state index in [0.29, 0.717) is 5.30 Å². The Hall–Kier alpha value is -1.27. The fourth-order valence-electron chi connectivity index (χ4n) is 1.11. The van der Waals surface area contributed by atoms with Gasteiger partial charge in [0.15, 0.2) is 8.46 Å². The zero-order valence-corrected chi connectivity index (χ0v) is 7.16. The van der Waals surface area contributed by atoms with Crippen LogP contribution in [-0.4, -0.2) is 4.98 Å². The number of nitrogens with zero attached hydrogens (tertiary/aromatic N) is 1. The van der Waals surface area contributed by atoms with Gasteiger partial charge in [-0.3, -0.25) is 9.55 Å². The highest BCUT2D eigenvalue weighted by Gasteiger charge is 1.95. The van der Waals surface area contributed by atoms with Crippen LogP contribution < -0.4 is 5.30 Å². The number of fused-ring (bicyclic) bond motifs is 1. The number of para-hydroxylation sites is 1. The molecule has 0 aliphatic heterocycles. The molecule has 58 valence electrons. The second-order valence-corrected chi connectivity index (χ2v) is 3.18. The number of hydrogen-bond acceptors (Lipinski definition) is 2. The minimum Gasteiger partial charge on any atom is -0.269 e.